The first-order valence-electron chi connectivity index (χ1n) is 14.7. The van der Waals surface area contributed by atoms with Crippen molar-refractivity contribution < 1.29 is 206 Å². The summed E-state index contributed by atoms with van der Waals surface area (Å²) in [6.45, 7) is 0. The Labute approximate surface area is 350 Å². The van der Waals surface area contributed by atoms with Gasteiger partial charge in [0.15, 0.2) is 0 Å². The van der Waals surface area contributed by atoms with Gasteiger partial charge in [0.25, 0.3) is 0 Å². The van der Waals surface area contributed by atoms with Gasteiger partial charge in [0.1, 0.15) is 6.33 Å². The minimum atomic E-state index is -10.8. The second-order valence-corrected chi connectivity index (χ2v) is 13.0. The van der Waals surface area contributed by atoms with Crippen LogP contribution < -0.4 is 0 Å². The average molecular weight is 1180 g/mol. The van der Waals surface area contributed by atoms with Gasteiger partial charge in [0.2, 0.25) is 5.83 Å². The Morgan fingerprint density at radius 1 is 0.169 bits per heavy atom. The number of rotatable bonds is 21. The summed E-state index contributed by atoms with van der Waals surface area (Å²) in [5.41, 5.74) is 0. The first-order chi connectivity index (χ1) is 29.7. The van der Waals surface area contributed by atoms with Crippen molar-refractivity contribution in [3.8, 4) is 0 Å². The molecule has 0 heterocycles. The summed E-state index contributed by atoms with van der Waals surface area (Å²) in [5, 5.41) is 0. The zero-order chi connectivity index (χ0) is 59.3. The van der Waals surface area contributed by atoms with Crippen LogP contribution in [-0.4, -0.2) is 131 Å². The summed E-state index contributed by atoms with van der Waals surface area (Å²) in [5.74, 6) is -220. The lowest BCUT2D eigenvalue weighted by Crippen LogP contribution is -2.81. The Bertz CT molecular complexity index is 1960. The minimum Gasteiger partial charge on any atom is -0.212 e. The lowest BCUT2D eigenvalue weighted by atomic mass is 9.81. The monoisotopic (exact) mass is 1180 g/mol. The van der Waals surface area contributed by atoms with Gasteiger partial charge in [-0.15, -0.1) is 0 Å². The van der Waals surface area contributed by atoms with Gasteiger partial charge in [-0.1, -0.05) is 0 Å². The van der Waals surface area contributed by atoms with Crippen molar-refractivity contribution in [1.29, 1.82) is 0 Å². The van der Waals surface area contributed by atoms with Gasteiger partial charge in [-0.3, -0.25) is 0 Å². The lowest BCUT2D eigenvalue weighted by molar-refractivity contribution is -0.497. The molecule has 0 spiro atoms. The summed E-state index contributed by atoms with van der Waals surface area (Å²) >= 11 is 0. The predicted octanol–water partition coefficient (Wildman–Crippen LogP) is 15.7. The molecule has 0 amide bonds. The van der Waals surface area contributed by atoms with E-state index in [1.807, 2.05) is 0 Å². The summed E-state index contributed by atoms with van der Waals surface area (Å²) in [6.07, 6.45) is -11.4. The van der Waals surface area contributed by atoms with Crippen molar-refractivity contribution >= 4 is 0 Å². The molecule has 0 radical (unpaired) electrons. The van der Waals surface area contributed by atoms with Crippen molar-refractivity contribution in [2.24, 2.45) is 0 Å². The second kappa shape index (κ2) is 16.2. The topological polar surface area (TPSA) is 0 Å². The van der Waals surface area contributed by atoms with Gasteiger partial charge in [-0.05, 0) is 0 Å². The molecule has 0 aromatic heterocycles. The van der Waals surface area contributed by atoms with E-state index in [2.05, 4.69) is 0 Å². The van der Waals surface area contributed by atoms with Crippen LogP contribution in [0.25, 0.3) is 0 Å². The molecule has 47 heteroatoms. The Morgan fingerprint density at radius 3 is 0.366 bits per heavy atom. The molecule has 0 N–H and O–H groups in total. The molecule has 0 aromatic rings. The maximum atomic E-state index is 14.0. The first-order valence-corrected chi connectivity index (χ1v) is 14.7. The van der Waals surface area contributed by atoms with Crippen LogP contribution in [0.3, 0.4) is 0 Å². The van der Waals surface area contributed by atoms with E-state index in [0.29, 0.717) is 0 Å². The number of hydrogen-bond donors (Lipinski definition) is 0. The van der Waals surface area contributed by atoms with E-state index in [1.165, 1.54) is 0 Å². The summed E-state index contributed by atoms with van der Waals surface area (Å²) in [6, 6.07) is 0. The maximum Gasteiger partial charge on any atom is 0.460 e. The average Bonchev–Trinajstić information content (AvgIpc) is 3.15. The fourth-order valence-corrected chi connectivity index (χ4v) is 4.14. The van der Waals surface area contributed by atoms with E-state index < -0.39 is 143 Å². The summed E-state index contributed by atoms with van der Waals surface area (Å²) in [7, 11) is 0. The third kappa shape index (κ3) is 7.38. The number of hydrogen-bond acceptors (Lipinski definition) is 0. The van der Waals surface area contributed by atoms with Crippen LogP contribution in [0.5, 0.6) is 0 Å². The van der Waals surface area contributed by atoms with Gasteiger partial charge >= 0.3 is 131 Å². The van der Waals surface area contributed by atoms with E-state index in [4.69, 9.17) is 0 Å². The van der Waals surface area contributed by atoms with Crippen molar-refractivity contribution in [2.75, 3.05) is 0 Å². The largest absolute Gasteiger partial charge is 0.460 e. The molecular formula is C24HF47. The second-order valence-electron chi connectivity index (χ2n) is 13.0. The van der Waals surface area contributed by atoms with Crippen LogP contribution in [0, 0.1) is 0 Å². The molecule has 0 aliphatic heterocycles. The Morgan fingerprint density at radius 2 is 0.268 bits per heavy atom. The smallest absolute Gasteiger partial charge is 0.212 e. The molecule has 0 saturated carbocycles. The third-order valence-corrected chi connectivity index (χ3v) is 8.64. The van der Waals surface area contributed by atoms with E-state index in [0.717, 1.165) is 0 Å². The standard InChI is InChI=1S/C24HF47/c25-1-2(26)3(27,28)4(29,30)5(31,32)6(33,34)7(35,36)8(37,38)9(39,40)10(41,42)11(43,44)12(45,46)13(47,48)14(49,50)15(51,52)16(53,54)17(55,56)18(57,58)19(59,60)20(61,62)21(63,64)22(65,66)23(67,68)24(69,70)71/h1H. The van der Waals surface area contributed by atoms with E-state index in [1.54, 1.807) is 0 Å². The molecule has 0 aliphatic rings. The highest BCUT2D eigenvalue weighted by Gasteiger charge is 3.04. The van der Waals surface area contributed by atoms with E-state index in [9.17, 15) is 206 Å². The van der Waals surface area contributed by atoms with Gasteiger partial charge < -0.3 is 0 Å². The molecule has 0 atom stereocenters. The van der Waals surface area contributed by atoms with Crippen LogP contribution in [-0.2, 0) is 0 Å². The summed E-state index contributed by atoms with van der Waals surface area (Å²) < 4.78 is 638. The predicted molar refractivity (Wildman–Crippen MR) is 120 cm³/mol. The van der Waals surface area contributed by atoms with Crippen molar-refractivity contribution in [3.05, 3.63) is 12.2 Å². The highest BCUT2D eigenvalue weighted by Crippen LogP contribution is 2.72. The molecule has 0 unspecified atom stereocenters. The molecule has 0 saturated heterocycles. The maximum absolute atomic E-state index is 14.0. The van der Waals surface area contributed by atoms with Crippen LogP contribution in [0.15, 0.2) is 12.2 Å². The lowest BCUT2D eigenvalue weighted by Gasteiger charge is -2.47. The molecule has 0 aliphatic carbocycles. The summed E-state index contributed by atoms with van der Waals surface area (Å²) in [4.78, 5) is 0. The highest BCUT2D eigenvalue weighted by atomic mass is 19.4. The normalized spacial score (nSPS) is 17.6. The van der Waals surface area contributed by atoms with Crippen LogP contribution in [0.4, 0.5) is 206 Å². The molecule has 0 rings (SSSR count). The van der Waals surface area contributed by atoms with Crippen molar-refractivity contribution in [2.45, 2.75) is 131 Å². The number of halogens is 47. The zero-order valence-electron chi connectivity index (χ0n) is 29.8. The van der Waals surface area contributed by atoms with E-state index in [-0.39, 0.29) is 0 Å². The quantitative estimate of drug-likeness (QED) is 0.101. The Kier molecular flexibility index (Phi) is 15.4. The first kappa shape index (κ1) is 67.5. The molecule has 426 valence electrons. The molecule has 0 nitrogen and oxygen atoms in total. The molecule has 71 heavy (non-hydrogen) atoms. The molecule has 0 fully saturated rings. The highest BCUT2D eigenvalue weighted by molar-refractivity contribution is 5.25. The van der Waals surface area contributed by atoms with Gasteiger partial charge in [0.05, 0.1) is 0 Å². The number of alkyl halides is 45. The van der Waals surface area contributed by atoms with Gasteiger partial charge in [-0.25, -0.2) is 8.78 Å². The van der Waals surface area contributed by atoms with Crippen molar-refractivity contribution in [3.63, 3.8) is 0 Å². The zero-order valence-corrected chi connectivity index (χ0v) is 29.8. The van der Waals surface area contributed by atoms with Crippen LogP contribution in [0.1, 0.15) is 0 Å². The van der Waals surface area contributed by atoms with Crippen LogP contribution >= 0.6 is 0 Å². The molecule has 0 aromatic carbocycles. The van der Waals surface area contributed by atoms with E-state index >= 15 is 0 Å². The minimum absolute atomic E-state index is 2.76. The van der Waals surface area contributed by atoms with Gasteiger partial charge in [0, 0.05) is 0 Å². The van der Waals surface area contributed by atoms with Gasteiger partial charge in [-0.2, -0.15) is 198 Å². The fraction of sp³-hybridized carbons (Fsp3) is 0.917. The Hall–Kier alpha value is -3.55. The van der Waals surface area contributed by atoms with Crippen molar-refractivity contribution in [1.82, 2.24) is 0 Å². The van der Waals surface area contributed by atoms with Crippen LogP contribution in [0.2, 0.25) is 0 Å². The SMILES string of the molecule is FC=C(F)C(F)(F)C(F)(F)C(F)(F)C(F)(F)C(F)(F)C(F)(F)C(F)(F)C(F)(F)C(F)(F)C(F)(F)C(F)(F)C(F)(F)C(F)(F)C(F)(F)C(F)(F)C(F)(F)C(F)(F)C(F)(F)C(F)(F)C(F)(F)C(F)(F)C(F)(F)F. The number of allylic oxidation sites excluding steroid dienone is 1. The third-order valence-electron chi connectivity index (χ3n) is 8.64. The molecular weight excluding hydrogens is 1180 g/mol. The fourth-order valence-electron chi connectivity index (χ4n) is 4.14. The Balaban J connectivity index is 8.13. The molecule has 0 bridgehead atoms.